The number of amides is 2. The minimum Gasteiger partial charge on any atom is -0.497 e. The number of unbranched alkanes of at least 4 members (excludes halogenated alkanes) is 5. The van der Waals surface area contributed by atoms with Gasteiger partial charge in [-0.2, -0.15) is 0 Å². The van der Waals surface area contributed by atoms with Crippen LogP contribution in [-0.2, 0) is 27.8 Å². The van der Waals surface area contributed by atoms with E-state index in [1.54, 1.807) is 7.11 Å². The van der Waals surface area contributed by atoms with E-state index >= 15 is 0 Å². The van der Waals surface area contributed by atoms with Crippen LogP contribution in [0.1, 0.15) is 105 Å². The van der Waals surface area contributed by atoms with Gasteiger partial charge in [-0.05, 0) is 62.4 Å². The quantitative estimate of drug-likeness (QED) is 0.263. The van der Waals surface area contributed by atoms with E-state index in [4.69, 9.17) is 9.15 Å². The van der Waals surface area contributed by atoms with Crippen molar-refractivity contribution in [1.82, 2.24) is 19.9 Å². The van der Waals surface area contributed by atoms with Crippen LogP contribution in [0.3, 0.4) is 0 Å². The number of carbonyl (C=O) groups is 2. The molecule has 2 N–H and O–H groups in total. The molecule has 40 heavy (non-hydrogen) atoms. The number of hydrogen-bond donors (Lipinski definition) is 2. The molecule has 2 heterocycles. The highest BCUT2D eigenvalue weighted by molar-refractivity contribution is 7.90. The fourth-order valence-corrected chi connectivity index (χ4v) is 5.52. The van der Waals surface area contributed by atoms with Gasteiger partial charge in [-0.25, -0.2) is 13.4 Å². The van der Waals surface area contributed by atoms with Crippen molar-refractivity contribution in [3.63, 3.8) is 0 Å². The third-order valence-electron chi connectivity index (χ3n) is 7.28. The van der Waals surface area contributed by atoms with Gasteiger partial charge in [0.15, 0.2) is 5.69 Å². The zero-order chi connectivity index (χ0) is 29.0. The van der Waals surface area contributed by atoms with Crippen LogP contribution >= 0.6 is 0 Å². The molecule has 0 bridgehead atoms. The summed E-state index contributed by atoms with van der Waals surface area (Å²) in [6.45, 7) is 5.72. The van der Waals surface area contributed by atoms with E-state index < -0.39 is 15.9 Å². The van der Waals surface area contributed by atoms with E-state index in [1.807, 2.05) is 18.2 Å². The monoisotopic (exact) mass is 576 g/mol. The minimum atomic E-state index is -3.59. The third kappa shape index (κ3) is 9.62. The summed E-state index contributed by atoms with van der Waals surface area (Å²) in [4.78, 5) is 31.6. The van der Waals surface area contributed by atoms with Crippen molar-refractivity contribution in [2.75, 3.05) is 26.0 Å². The minimum absolute atomic E-state index is 0.0545. The van der Waals surface area contributed by atoms with E-state index in [0.717, 1.165) is 43.4 Å². The first-order valence-corrected chi connectivity index (χ1v) is 16.1. The van der Waals surface area contributed by atoms with Crippen molar-refractivity contribution in [2.24, 2.45) is 0 Å². The van der Waals surface area contributed by atoms with E-state index in [9.17, 15) is 18.0 Å². The molecule has 0 aliphatic carbocycles. The maximum atomic E-state index is 12.6. The molecule has 1 atom stereocenters. The fourth-order valence-electron chi connectivity index (χ4n) is 4.92. The van der Waals surface area contributed by atoms with Crippen molar-refractivity contribution in [2.45, 2.75) is 90.6 Å². The number of aryl methyl sites for hydroxylation is 1. The SMILES string of the molecule is CCCCCCCCNC(=O)c1coc(C2CCCN2Cc2cc(OC)ccc2CCC(=O)NS(=O)(=O)CC)n1. The number of sulfonamides is 1. The summed E-state index contributed by atoms with van der Waals surface area (Å²) in [7, 11) is -1.99. The summed E-state index contributed by atoms with van der Waals surface area (Å²) >= 11 is 0. The number of nitrogens with zero attached hydrogens (tertiary/aromatic N) is 2. The van der Waals surface area contributed by atoms with Crippen LogP contribution in [0, 0.1) is 0 Å². The summed E-state index contributed by atoms with van der Waals surface area (Å²) in [5.74, 6) is 0.340. The van der Waals surface area contributed by atoms with Gasteiger partial charge in [-0.3, -0.25) is 19.2 Å². The second-order valence-corrected chi connectivity index (χ2v) is 12.3. The number of aromatic nitrogens is 1. The molecule has 0 saturated carbocycles. The molecule has 1 fully saturated rings. The van der Waals surface area contributed by atoms with Gasteiger partial charge in [-0.15, -0.1) is 0 Å². The Balaban J connectivity index is 1.60. The molecule has 1 aliphatic rings. The summed E-state index contributed by atoms with van der Waals surface area (Å²) in [6, 6.07) is 5.63. The first-order chi connectivity index (χ1) is 19.3. The molecular weight excluding hydrogens is 532 g/mol. The molecule has 222 valence electrons. The maximum Gasteiger partial charge on any atom is 0.273 e. The Morgan fingerprint density at radius 1 is 1.12 bits per heavy atom. The number of oxazole rings is 1. The van der Waals surface area contributed by atoms with Gasteiger partial charge in [-0.1, -0.05) is 45.1 Å². The second kappa shape index (κ2) is 15.8. The molecule has 1 aliphatic heterocycles. The molecule has 1 aromatic carbocycles. The van der Waals surface area contributed by atoms with Crippen molar-refractivity contribution >= 4 is 21.8 Å². The Hall–Kier alpha value is -2.92. The van der Waals surface area contributed by atoms with Gasteiger partial charge in [0.25, 0.3) is 5.91 Å². The van der Waals surface area contributed by atoms with Gasteiger partial charge in [0.05, 0.1) is 18.9 Å². The topological polar surface area (TPSA) is 131 Å². The van der Waals surface area contributed by atoms with Crippen LogP contribution in [0.2, 0.25) is 0 Å². The molecule has 2 amide bonds. The van der Waals surface area contributed by atoms with E-state index in [0.29, 0.717) is 36.8 Å². The predicted octanol–water partition coefficient (Wildman–Crippen LogP) is 4.51. The molecule has 0 spiro atoms. The van der Waals surface area contributed by atoms with Gasteiger partial charge < -0.3 is 14.5 Å². The van der Waals surface area contributed by atoms with Crippen LogP contribution in [0.5, 0.6) is 5.75 Å². The van der Waals surface area contributed by atoms with Crippen LogP contribution < -0.4 is 14.8 Å². The summed E-state index contributed by atoms with van der Waals surface area (Å²) in [5.41, 5.74) is 2.22. The van der Waals surface area contributed by atoms with Crippen molar-refractivity contribution in [3.05, 3.63) is 47.2 Å². The first-order valence-electron chi connectivity index (χ1n) is 14.4. The summed E-state index contributed by atoms with van der Waals surface area (Å²) in [5, 5.41) is 2.95. The molecular formula is C29H44N4O6S. The molecule has 1 unspecified atom stereocenters. The number of methoxy groups -OCH3 is 1. The highest BCUT2D eigenvalue weighted by Crippen LogP contribution is 2.34. The second-order valence-electron chi connectivity index (χ2n) is 10.3. The van der Waals surface area contributed by atoms with Crippen LogP contribution in [0.4, 0.5) is 0 Å². The van der Waals surface area contributed by atoms with Gasteiger partial charge in [0.2, 0.25) is 21.8 Å². The normalized spacial score (nSPS) is 15.7. The third-order valence-corrected chi connectivity index (χ3v) is 8.58. The number of likely N-dealkylation sites (tertiary alicyclic amines) is 1. The average Bonchev–Trinajstić information content (AvgIpc) is 3.61. The Morgan fingerprint density at radius 2 is 1.90 bits per heavy atom. The first kappa shape index (κ1) is 31.6. The van der Waals surface area contributed by atoms with Crippen LogP contribution in [0.25, 0.3) is 0 Å². The lowest BCUT2D eigenvalue weighted by molar-refractivity contribution is -0.119. The zero-order valence-electron chi connectivity index (χ0n) is 24.0. The van der Waals surface area contributed by atoms with Gasteiger partial charge in [0, 0.05) is 19.5 Å². The molecule has 1 saturated heterocycles. The van der Waals surface area contributed by atoms with E-state index in [1.165, 1.54) is 38.9 Å². The van der Waals surface area contributed by atoms with Crippen molar-refractivity contribution in [3.8, 4) is 5.75 Å². The zero-order valence-corrected chi connectivity index (χ0v) is 24.9. The Labute approximate surface area is 238 Å². The Kier molecular flexibility index (Phi) is 12.5. The average molecular weight is 577 g/mol. The molecule has 1 aromatic heterocycles. The van der Waals surface area contributed by atoms with E-state index in [-0.39, 0.29) is 24.1 Å². The number of ether oxygens (including phenoxy) is 1. The largest absolute Gasteiger partial charge is 0.497 e. The Morgan fingerprint density at radius 3 is 2.65 bits per heavy atom. The molecule has 2 aromatic rings. The maximum absolute atomic E-state index is 12.6. The van der Waals surface area contributed by atoms with Crippen molar-refractivity contribution < 1.29 is 27.2 Å². The highest BCUT2D eigenvalue weighted by atomic mass is 32.2. The number of nitrogens with one attached hydrogen (secondary N) is 2. The fraction of sp³-hybridized carbons (Fsp3) is 0.621. The molecule has 3 rings (SSSR count). The number of carbonyl (C=O) groups excluding carboxylic acids is 2. The summed E-state index contributed by atoms with van der Waals surface area (Å²) < 4.78 is 36.8. The van der Waals surface area contributed by atoms with Gasteiger partial charge in [0.1, 0.15) is 12.0 Å². The summed E-state index contributed by atoms with van der Waals surface area (Å²) in [6.07, 6.45) is 10.7. The molecule has 0 radical (unpaired) electrons. The van der Waals surface area contributed by atoms with Crippen molar-refractivity contribution in [1.29, 1.82) is 0 Å². The van der Waals surface area contributed by atoms with Crippen LogP contribution in [-0.4, -0.2) is 56.1 Å². The number of hydrogen-bond acceptors (Lipinski definition) is 8. The number of benzene rings is 1. The van der Waals surface area contributed by atoms with Gasteiger partial charge >= 0.3 is 0 Å². The lowest BCUT2D eigenvalue weighted by Crippen LogP contribution is -2.32. The van der Waals surface area contributed by atoms with E-state index in [2.05, 4.69) is 26.8 Å². The molecule has 10 nitrogen and oxygen atoms in total. The van der Waals surface area contributed by atoms with Crippen LogP contribution in [0.15, 0.2) is 28.9 Å². The smallest absolute Gasteiger partial charge is 0.273 e. The Bertz CT molecular complexity index is 1210. The lowest BCUT2D eigenvalue weighted by Gasteiger charge is -2.23. The highest BCUT2D eigenvalue weighted by Gasteiger charge is 2.31. The standard InChI is InChI=1S/C29H44N4O6S/c1-4-6-7-8-9-10-17-30-28(35)25-21-39-29(31-25)26-12-11-18-33(26)20-23-19-24(38-3)15-13-22(23)14-16-27(34)32-40(36,37)5-2/h13,15,19,21,26H,4-12,14,16-18,20H2,1-3H3,(H,30,35)(H,32,34). The number of rotatable bonds is 17. The predicted molar refractivity (Wildman–Crippen MR) is 154 cm³/mol. The molecule has 11 heteroatoms. The lowest BCUT2D eigenvalue weighted by atomic mass is 10.0.